The minimum absolute atomic E-state index is 0.129. The van der Waals surface area contributed by atoms with Crippen LogP contribution in [0, 0.1) is 24.7 Å². The fourth-order valence-corrected chi connectivity index (χ4v) is 3.60. The number of carbonyl (C=O) groups excluding carboxylic acids is 3. The molecule has 1 aliphatic rings. The van der Waals surface area contributed by atoms with E-state index in [4.69, 9.17) is 9.47 Å². The lowest BCUT2D eigenvalue weighted by Gasteiger charge is -2.36. The normalized spacial score (nSPS) is 21.8. The van der Waals surface area contributed by atoms with Crippen LogP contribution >= 0.6 is 0 Å². The van der Waals surface area contributed by atoms with E-state index in [9.17, 15) is 14.4 Å². The molecule has 1 aliphatic carbocycles. The van der Waals surface area contributed by atoms with Crippen molar-refractivity contribution >= 4 is 17.8 Å². The van der Waals surface area contributed by atoms with Gasteiger partial charge in [0.1, 0.15) is 12.6 Å². The van der Waals surface area contributed by atoms with Crippen LogP contribution in [0.2, 0.25) is 0 Å². The van der Waals surface area contributed by atoms with Crippen molar-refractivity contribution in [2.45, 2.75) is 53.1 Å². The zero-order valence-electron chi connectivity index (χ0n) is 17.2. The van der Waals surface area contributed by atoms with Crippen molar-refractivity contribution in [1.82, 2.24) is 5.32 Å². The molecular formula is C22H31NO5. The monoisotopic (exact) mass is 389 g/mol. The molecule has 1 fully saturated rings. The Kier molecular flexibility index (Phi) is 8.03. The highest BCUT2D eigenvalue weighted by Gasteiger charge is 2.33. The molecule has 154 valence electrons. The summed E-state index contributed by atoms with van der Waals surface area (Å²) in [4.78, 5) is 35.9. The van der Waals surface area contributed by atoms with Gasteiger partial charge in [-0.2, -0.15) is 0 Å². The molecule has 0 spiro atoms. The van der Waals surface area contributed by atoms with Crippen LogP contribution in [0.5, 0.6) is 0 Å². The molecule has 0 unspecified atom stereocenters. The fourth-order valence-electron chi connectivity index (χ4n) is 3.60. The summed E-state index contributed by atoms with van der Waals surface area (Å²) in [7, 11) is 0. The predicted molar refractivity (Wildman–Crippen MR) is 106 cm³/mol. The molecule has 2 rings (SSSR count). The number of rotatable bonds is 7. The Morgan fingerprint density at radius 2 is 1.79 bits per heavy atom. The van der Waals surface area contributed by atoms with Crippen LogP contribution in [-0.4, -0.2) is 37.1 Å². The largest absolute Gasteiger partial charge is 0.460 e. The lowest BCUT2D eigenvalue weighted by Crippen LogP contribution is -2.37. The number of carbonyl (C=O) groups is 3. The van der Waals surface area contributed by atoms with Crippen LogP contribution in [0.25, 0.3) is 0 Å². The van der Waals surface area contributed by atoms with Crippen molar-refractivity contribution in [2.24, 2.45) is 17.8 Å². The third kappa shape index (κ3) is 6.66. The second kappa shape index (κ2) is 10.2. The van der Waals surface area contributed by atoms with E-state index in [0.717, 1.165) is 24.8 Å². The molecule has 1 amide bonds. The van der Waals surface area contributed by atoms with Crippen LogP contribution < -0.4 is 5.32 Å². The molecule has 3 atom stereocenters. The summed E-state index contributed by atoms with van der Waals surface area (Å²) in [5.41, 5.74) is 1.51. The van der Waals surface area contributed by atoms with Crippen molar-refractivity contribution in [3.63, 3.8) is 0 Å². The number of amides is 1. The van der Waals surface area contributed by atoms with Crippen molar-refractivity contribution in [2.75, 3.05) is 13.2 Å². The van der Waals surface area contributed by atoms with Crippen LogP contribution in [0.4, 0.5) is 0 Å². The van der Waals surface area contributed by atoms with Gasteiger partial charge in [0.05, 0.1) is 0 Å². The second-order valence-electron chi connectivity index (χ2n) is 8.06. The summed E-state index contributed by atoms with van der Waals surface area (Å²) in [6.45, 7) is 7.63. The second-order valence-corrected chi connectivity index (χ2v) is 8.06. The third-order valence-electron chi connectivity index (χ3n) is 5.30. The molecule has 0 aliphatic heterocycles. The Morgan fingerprint density at radius 3 is 2.43 bits per heavy atom. The summed E-state index contributed by atoms with van der Waals surface area (Å²) >= 11 is 0. The van der Waals surface area contributed by atoms with Gasteiger partial charge in [-0.1, -0.05) is 44.9 Å². The molecule has 6 nitrogen and oxygen atoms in total. The summed E-state index contributed by atoms with van der Waals surface area (Å²) in [6, 6.07) is 7.01. The van der Waals surface area contributed by atoms with E-state index in [1.807, 2.05) is 19.1 Å². The Labute approximate surface area is 167 Å². The molecule has 1 saturated carbocycles. The molecule has 28 heavy (non-hydrogen) atoms. The first kappa shape index (κ1) is 21.9. The lowest BCUT2D eigenvalue weighted by atomic mass is 9.75. The average molecular weight is 389 g/mol. The number of benzene rings is 1. The molecule has 1 aromatic carbocycles. The summed E-state index contributed by atoms with van der Waals surface area (Å²) in [6.07, 6.45) is 2.90. The Morgan fingerprint density at radius 1 is 1.11 bits per heavy atom. The van der Waals surface area contributed by atoms with E-state index < -0.39 is 18.5 Å². The number of hydrogen-bond donors (Lipinski definition) is 1. The van der Waals surface area contributed by atoms with Gasteiger partial charge >= 0.3 is 11.9 Å². The van der Waals surface area contributed by atoms with Gasteiger partial charge in [-0.3, -0.25) is 9.59 Å². The van der Waals surface area contributed by atoms with E-state index in [0.29, 0.717) is 23.3 Å². The zero-order valence-corrected chi connectivity index (χ0v) is 17.2. The Hall–Kier alpha value is -2.37. The third-order valence-corrected chi connectivity index (χ3v) is 5.30. The van der Waals surface area contributed by atoms with Gasteiger partial charge in [-0.15, -0.1) is 0 Å². The topological polar surface area (TPSA) is 81.7 Å². The lowest BCUT2D eigenvalue weighted by molar-refractivity contribution is -0.166. The molecule has 1 aromatic rings. The molecule has 6 heteroatoms. The summed E-state index contributed by atoms with van der Waals surface area (Å²) < 4.78 is 10.5. The highest BCUT2D eigenvalue weighted by atomic mass is 16.6. The number of nitrogens with one attached hydrogen (secondary N) is 1. The van der Waals surface area contributed by atoms with Crippen LogP contribution in [0.1, 0.15) is 56.0 Å². The average Bonchev–Trinajstić information content (AvgIpc) is 2.64. The van der Waals surface area contributed by atoms with Crippen LogP contribution in [0.15, 0.2) is 24.3 Å². The minimum Gasteiger partial charge on any atom is -0.460 e. The smallest absolute Gasteiger partial charge is 0.344 e. The van der Waals surface area contributed by atoms with E-state index in [1.165, 1.54) is 0 Å². The minimum atomic E-state index is -0.671. The van der Waals surface area contributed by atoms with Gasteiger partial charge in [-0.05, 0) is 49.7 Å². The maximum absolute atomic E-state index is 12.1. The standard InChI is InChI=1S/C22H31NO5/c1-14(2)18-10-7-16(4)11-19(18)28-21(25)13-27-20(24)12-23-22(26)17-8-5-15(3)6-9-17/h5-6,8-9,14,16,18-19H,7,10-13H2,1-4H3,(H,23,26)/t16-,18+,19-/m0/s1. The van der Waals surface area contributed by atoms with Gasteiger partial charge in [0.25, 0.3) is 5.91 Å². The van der Waals surface area contributed by atoms with Crippen molar-refractivity contribution in [3.8, 4) is 0 Å². The van der Waals surface area contributed by atoms with Gasteiger partial charge in [0.2, 0.25) is 0 Å². The maximum atomic E-state index is 12.1. The molecule has 0 heterocycles. The molecule has 0 saturated heterocycles. The first-order valence-electron chi connectivity index (χ1n) is 9.96. The summed E-state index contributed by atoms with van der Waals surface area (Å²) in [5, 5.41) is 2.49. The Balaban J connectivity index is 1.73. The highest BCUT2D eigenvalue weighted by Crippen LogP contribution is 2.35. The van der Waals surface area contributed by atoms with E-state index >= 15 is 0 Å². The molecule has 0 bridgehead atoms. The molecule has 0 radical (unpaired) electrons. The maximum Gasteiger partial charge on any atom is 0.344 e. The first-order chi connectivity index (χ1) is 13.3. The highest BCUT2D eigenvalue weighted by molar-refractivity contribution is 5.96. The quantitative estimate of drug-likeness (QED) is 0.724. The van der Waals surface area contributed by atoms with Crippen LogP contribution in [-0.2, 0) is 19.1 Å². The van der Waals surface area contributed by atoms with Gasteiger partial charge < -0.3 is 14.8 Å². The first-order valence-corrected chi connectivity index (χ1v) is 9.96. The number of hydrogen-bond acceptors (Lipinski definition) is 5. The van der Waals surface area contributed by atoms with Gasteiger partial charge in [-0.25, -0.2) is 4.79 Å². The SMILES string of the molecule is Cc1ccc(C(=O)NCC(=O)OCC(=O)O[C@H]2C[C@@H](C)CC[C@@H]2C(C)C)cc1. The number of ether oxygens (including phenoxy) is 2. The number of aryl methyl sites for hydroxylation is 1. The van der Waals surface area contributed by atoms with Crippen molar-refractivity contribution < 1.29 is 23.9 Å². The van der Waals surface area contributed by atoms with E-state index in [1.54, 1.807) is 12.1 Å². The predicted octanol–water partition coefficient (Wildman–Crippen LogP) is 3.27. The van der Waals surface area contributed by atoms with E-state index in [2.05, 4.69) is 26.1 Å². The van der Waals surface area contributed by atoms with Gasteiger partial charge in [0.15, 0.2) is 6.61 Å². The molecule has 1 N–H and O–H groups in total. The van der Waals surface area contributed by atoms with Crippen molar-refractivity contribution in [3.05, 3.63) is 35.4 Å². The Bertz CT molecular complexity index is 683. The van der Waals surface area contributed by atoms with E-state index in [-0.39, 0.29) is 18.6 Å². The number of esters is 2. The zero-order chi connectivity index (χ0) is 20.7. The van der Waals surface area contributed by atoms with Crippen molar-refractivity contribution in [1.29, 1.82) is 0 Å². The van der Waals surface area contributed by atoms with Gasteiger partial charge in [0, 0.05) is 5.56 Å². The molecule has 0 aromatic heterocycles. The summed E-state index contributed by atoms with van der Waals surface area (Å²) in [5.74, 6) is -0.282. The molecular weight excluding hydrogens is 358 g/mol. The van der Waals surface area contributed by atoms with Crippen LogP contribution in [0.3, 0.4) is 0 Å². The fraction of sp³-hybridized carbons (Fsp3) is 0.591.